The van der Waals surface area contributed by atoms with Crippen LogP contribution < -0.4 is 14.4 Å². The van der Waals surface area contributed by atoms with Crippen LogP contribution in [0.1, 0.15) is 32.3 Å². The Morgan fingerprint density at radius 3 is 2.48 bits per heavy atom. The van der Waals surface area contributed by atoms with Gasteiger partial charge in [-0.1, -0.05) is 36.2 Å². The molecule has 1 saturated heterocycles. The molecule has 7 heteroatoms. The van der Waals surface area contributed by atoms with Crippen molar-refractivity contribution in [2.45, 2.75) is 26.7 Å². The molecule has 4 rings (SSSR count). The van der Waals surface area contributed by atoms with E-state index >= 15 is 0 Å². The number of methoxy groups -OCH3 is 1. The number of amides is 1. The summed E-state index contributed by atoms with van der Waals surface area (Å²) in [7, 11) is 1.63. The van der Waals surface area contributed by atoms with Crippen LogP contribution in [0, 0.1) is 5.92 Å². The Kier molecular flexibility index (Phi) is 7.52. The average Bonchev–Trinajstić information content (AvgIpc) is 3.11. The lowest BCUT2D eigenvalue weighted by atomic mass is 9.99. The Balaban J connectivity index is 1.47. The number of hydrogen-bond acceptors (Lipinski definition) is 4. The van der Waals surface area contributed by atoms with Crippen LogP contribution in [0.25, 0.3) is 5.57 Å². The Morgan fingerprint density at radius 2 is 1.79 bits per heavy atom. The highest BCUT2D eigenvalue weighted by Gasteiger charge is 2.31. The van der Waals surface area contributed by atoms with Crippen LogP contribution >= 0.6 is 23.2 Å². The molecule has 5 nitrogen and oxygen atoms in total. The fraction of sp³-hybridized carbons (Fsp3) is 0.423. The Labute approximate surface area is 205 Å². The molecule has 0 N–H and O–H groups in total. The second-order valence-electron chi connectivity index (χ2n) is 8.88. The summed E-state index contributed by atoms with van der Waals surface area (Å²) in [6, 6.07) is 10.9. The number of piperidine rings is 1. The lowest BCUT2D eigenvalue weighted by Gasteiger charge is -2.30. The van der Waals surface area contributed by atoms with Crippen LogP contribution in [0.3, 0.4) is 0 Å². The van der Waals surface area contributed by atoms with E-state index in [1.54, 1.807) is 24.1 Å². The smallest absolute Gasteiger partial charge is 0.259 e. The first-order valence-corrected chi connectivity index (χ1v) is 12.1. The minimum atomic E-state index is -0.0653. The molecule has 2 aliphatic rings. The minimum Gasteiger partial charge on any atom is -0.493 e. The summed E-state index contributed by atoms with van der Waals surface area (Å²) in [4.78, 5) is 17.5. The second kappa shape index (κ2) is 10.4. The van der Waals surface area contributed by atoms with Crippen molar-refractivity contribution < 1.29 is 14.3 Å². The maximum atomic E-state index is 13.3. The zero-order valence-electron chi connectivity index (χ0n) is 19.4. The van der Waals surface area contributed by atoms with Crippen LogP contribution in [0.5, 0.6) is 11.5 Å². The number of carbonyl (C=O) groups is 1. The first-order chi connectivity index (χ1) is 15.9. The van der Waals surface area contributed by atoms with Gasteiger partial charge in [0.05, 0.1) is 17.2 Å². The summed E-state index contributed by atoms with van der Waals surface area (Å²) in [6.45, 7) is 8.48. The van der Waals surface area contributed by atoms with Crippen LogP contribution in [-0.4, -0.2) is 50.7 Å². The normalized spacial score (nSPS) is 17.7. The zero-order chi connectivity index (χ0) is 23.5. The third kappa shape index (κ3) is 5.32. The molecule has 0 saturated carbocycles. The number of carbonyl (C=O) groups excluding carboxylic acids is 1. The van der Waals surface area contributed by atoms with Crippen molar-refractivity contribution >= 4 is 40.4 Å². The van der Waals surface area contributed by atoms with E-state index < -0.39 is 0 Å². The highest BCUT2D eigenvalue weighted by Crippen LogP contribution is 2.37. The van der Waals surface area contributed by atoms with Gasteiger partial charge >= 0.3 is 0 Å². The van der Waals surface area contributed by atoms with Gasteiger partial charge in [-0.2, -0.15) is 0 Å². The molecule has 0 spiro atoms. The van der Waals surface area contributed by atoms with Crippen LogP contribution in [0.2, 0.25) is 10.0 Å². The van der Waals surface area contributed by atoms with Gasteiger partial charge in [-0.3, -0.25) is 9.69 Å². The van der Waals surface area contributed by atoms with E-state index in [0.29, 0.717) is 40.3 Å². The van der Waals surface area contributed by atoms with E-state index in [4.69, 9.17) is 32.7 Å². The van der Waals surface area contributed by atoms with Gasteiger partial charge in [-0.05, 0) is 74.2 Å². The van der Waals surface area contributed by atoms with E-state index in [9.17, 15) is 4.79 Å². The number of benzene rings is 2. The van der Waals surface area contributed by atoms with E-state index in [1.807, 2.05) is 31.2 Å². The summed E-state index contributed by atoms with van der Waals surface area (Å²) in [5, 5.41) is 0.904. The SMILES string of the molecule is COc1ccc(N2CC(C)=C(c3ccc(Cl)c(Cl)c3)C2=O)cc1OCCN1CCC(C)CC1. The lowest BCUT2D eigenvalue weighted by Crippen LogP contribution is -2.35. The molecule has 33 heavy (non-hydrogen) atoms. The molecule has 1 fully saturated rings. The van der Waals surface area contributed by atoms with E-state index in [1.165, 1.54) is 12.8 Å². The fourth-order valence-electron chi connectivity index (χ4n) is 4.45. The van der Waals surface area contributed by atoms with Crippen molar-refractivity contribution in [1.29, 1.82) is 0 Å². The molecule has 0 bridgehead atoms. The fourth-order valence-corrected chi connectivity index (χ4v) is 4.75. The summed E-state index contributed by atoms with van der Waals surface area (Å²) in [5.74, 6) is 2.05. The van der Waals surface area contributed by atoms with Gasteiger partial charge in [0.2, 0.25) is 0 Å². The number of rotatable bonds is 7. The molecule has 2 aliphatic heterocycles. The van der Waals surface area contributed by atoms with Gasteiger partial charge in [0, 0.05) is 30.4 Å². The number of nitrogens with zero attached hydrogens (tertiary/aromatic N) is 2. The van der Waals surface area contributed by atoms with Gasteiger partial charge in [0.15, 0.2) is 11.5 Å². The maximum absolute atomic E-state index is 13.3. The Bertz CT molecular complexity index is 1060. The zero-order valence-corrected chi connectivity index (χ0v) is 20.9. The lowest BCUT2D eigenvalue weighted by molar-refractivity contribution is -0.112. The number of ether oxygens (including phenoxy) is 2. The standard InChI is InChI=1S/C26H30Cl2N2O3/c1-17-8-10-29(11-9-17)12-13-33-24-15-20(5-7-23(24)32-3)30-16-18(2)25(26(30)31)19-4-6-21(27)22(28)14-19/h4-7,14-15,17H,8-13,16H2,1-3H3. The van der Waals surface area contributed by atoms with Gasteiger partial charge in [0.1, 0.15) is 6.61 Å². The summed E-state index contributed by atoms with van der Waals surface area (Å²) < 4.78 is 11.6. The molecule has 0 radical (unpaired) electrons. The van der Waals surface area contributed by atoms with Crippen molar-refractivity contribution in [2.75, 3.05) is 44.8 Å². The van der Waals surface area contributed by atoms with E-state index in [2.05, 4.69) is 11.8 Å². The highest BCUT2D eigenvalue weighted by molar-refractivity contribution is 6.42. The van der Waals surface area contributed by atoms with Gasteiger partial charge < -0.3 is 14.4 Å². The van der Waals surface area contributed by atoms with Crippen LogP contribution in [-0.2, 0) is 4.79 Å². The molecule has 2 aromatic rings. The molecular weight excluding hydrogens is 459 g/mol. The average molecular weight is 489 g/mol. The number of anilines is 1. The Morgan fingerprint density at radius 1 is 1.03 bits per heavy atom. The summed E-state index contributed by atoms with van der Waals surface area (Å²) in [6.07, 6.45) is 2.48. The molecule has 0 aliphatic carbocycles. The largest absolute Gasteiger partial charge is 0.493 e. The topological polar surface area (TPSA) is 42.0 Å². The first kappa shape index (κ1) is 23.9. The summed E-state index contributed by atoms with van der Waals surface area (Å²) >= 11 is 12.2. The van der Waals surface area contributed by atoms with Gasteiger partial charge in [-0.25, -0.2) is 0 Å². The summed E-state index contributed by atoms with van der Waals surface area (Å²) in [5.41, 5.74) is 3.19. The molecular formula is C26H30Cl2N2O3. The molecule has 1 amide bonds. The van der Waals surface area contributed by atoms with Crippen molar-refractivity contribution in [3.8, 4) is 11.5 Å². The van der Waals surface area contributed by atoms with Gasteiger partial charge in [0.25, 0.3) is 5.91 Å². The van der Waals surface area contributed by atoms with Crippen LogP contribution in [0.15, 0.2) is 42.0 Å². The number of hydrogen-bond donors (Lipinski definition) is 0. The van der Waals surface area contributed by atoms with Crippen molar-refractivity contribution in [1.82, 2.24) is 4.90 Å². The molecule has 176 valence electrons. The van der Waals surface area contributed by atoms with Crippen molar-refractivity contribution in [3.63, 3.8) is 0 Å². The predicted octanol–water partition coefficient (Wildman–Crippen LogP) is 5.93. The van der Waals surface area contributed by atoms with E-state index in [0.717, 1.165) is 42.4 Å². The molecule has 2 heterocycles. The number of halogens is 2. The molecule has 0 atom stereocenters. The first-order valence-electron chi connectivity index (χ1n) is 11.4. The monoisotopic (exact) mass is 488 g/mol. The van der Waals surface area contributed by atoms with Crippen LogP contribution in [0.4, 0.5) is 5.69 Å². The molecule has 0 aromatic heterocycles. The second-order valence-corrected chi connectivity index (χ2v) is 9.70. The third-order valence-corrected chi connectivity index (χ3v) is 7.23. The van der Waals surface area contributed by atoms with Crippen molar-refractivity contribution in [2.24, 2.45) is 5.92 Å². The van der Waals surface area contributed by atoms with E-state index in [-0.39, 0.29) is 5.91 Å². The number of likely N-dealkylation sites (tertiary alicyclic amines) is 1. The minimum absolute atomic E-state index is 0.0653. The Hall–Kier alpha value is -2.21. The van der Waals surface area contributed by atoms with Gasteiger partial charge in [-0.15, -0.1) is 0 Å². The predicted molar refractivity (Wildman–Crippen MR) is 135 cm³/mol. The third-order valence-electron chi connectivity index (χ3n) is 6.49. The van der Waals surface area contributed by atoms with Crippen molar-refractivity contribution in [3.05, 3.63) is 57.6 Å². The molecule has 0 unspecified atom stereocenters. The maximum Gasteiger partial charge on any atom is 0.259 e. The quantitative estimate of drug-likeness (QED) is 0.483. The highest BCUT2D eigenvalue weighted by atomic mass is 35.5. The molecule has 2 aromatic carbocycles.